The van der Waals surface area contributed by atoms with Crippen molar-refractivity contribution in [2.24, 2.45) is 34.5 Å². The van der Waals surface area contributed by atoms with Gasteiger partial charge in [-0.1, -0.05) is 35.4 Å². The second kappa shape index (κ2) is 8.06. The van der Waals surface area contributed by atoms with Crippen molar-refractivity contribution in [2.75, 3.05) is 6.61 Å². The van der Waals surface area contributed by atoms with Crippen molar-refractivity contribution in [3.8, 4) is 0 Å². The van der Waals surface area contributed by atoms with E-state index in [-0.39, 0.29) is 28.3 Å². The summed E-state index contributed by atoms with van der Waals surface area (Å²) in [6.07, 6.45) is 10.4. The third-order valence-electron chi connectivity index (χ3n) is 9.69. The molecule has 0 aromatic heterocycles. The maximum absolute atomic E-state index is 12.7. The summed E-state index contributed by atoms with van der Waals surface area (Å²) in [4.78, 5) is 12.2. The molecule has 3 saturated carbocycles. The second-order valence-electron chi connectivity index (χ2n) is 11.0. The summed E-state index contributed by atoms with van der Waals surface area (Å²) in [5, 5.41) is 0. The lowest BCUT2D eigenvalue weighted by atomic mass is 9.47. The van der Waals surface area contributed by atoms with Crippen LogP contribution in [0, 0.1) is 34.5 Å². The molecule has 0 saturated heterocycles. The highest BCUT2D eigenvalue weighted by molar-refractivity contribution is 9.10. The highest BCUT2D eigenvalue weighted by Gasteiger charge is 2.59. The predicted octanol–water partition coefficient (Wildman–Crippen LogP) is 6.30. The van der Waals surface area contributed by atoms with Crippen molar-refractivity contribution < 1.29 is 17.4 Å². The maximum atomic E-state index is 12.7. The molecular weight excluding hydrogens is 488 g/mol. The van der Waals surface area contributed by atoms with Gasteiger partial charge in [-0.25, -0.2) is 0 Å². The largest absolute Gasteiger partial charge is 0.296 e. The summed E-state index contributed by atoms with van der Waals surface area (Å²) in [5.41, 5.74) is 1.72. The molecule has 174 valence electrons. The lowest BCUT2D eigenvalue weighted by molar-refractivity contribution is -0.117. The van der Waals surface area contributed by atoms with Crippen LogP contribution < -0.4 is 0 Å². The Balaban J connectivity index is 1.32. The molecule has 0 unspecified atom stereocenters. The quantitative estimate of drug-likeness (QED) is 0.436. The molecule has 32 heavy (non-hydrogen) atoms. The van der Waals surface area contributed by atoms with E-state index in [2.05, 4.69) is 29.8 Å². The Morgan fingerprint density at radius 2 is 1.75 bits per heavy atom. The Kier molecular flexibility index (Phi) is 5.74. The van der Waals surface area contributed by atoms with E-state index in [1.807, 2.05) is 6.08 Å². The van der Waals surface area contributed by atoms with Gasteiger partial charge in [-0.3, -0.25) is 8.98 Å². The predicted molar refractivity (Wildman–Crippen MR) is 127 cm³/mol. The number of rotatable bonds is 4. The Hall–Kier alpha value is -0.980. The Bertz CT molecular complexity index is 1050. The van der Waals surface area contributed by atoms with Gasteiger partial charge in [0.25, 0.3) is 10.1 Å². The molecule has 6 heteroatoms. The Labute approximate surface area is 200 Å². The maximum Gasteiger partial charge on any atom is 0.296 e. The van der Waals surface area contributed by atoms with Crippen LogP contribution in [0.3, 0.4) is 0 Å². The lowest BCUT2D eigenvalue weighted by Gasteiger charge is -2.58. The number of ketones is 1. The van der Waals surface area contributed by atoms with Crippen molar-refractivity contribution in [1.82, 2.24) is 0 Å². The zero-order valence-corrected chi connectivity index (χ0v) is 21.4. The standard InChI is InChI=1S/C26H33BrO4S/c1-25-13-11-20(28)15-17(25)3-9-22-23-10-4-18(26(23,2)14-12-24(22)25)16-31-32(29,30)21-7-5-19(27)6-8-21/h5-8,15,18,22-24H,3-4,9-14,16H2,1-2H3/t18-,22+,23+,24+,25+,26-/m1/s1. The molecule has 0 amide bonds. The summed E-state index contributed by atoms with van der Waals surface area (Å²) in [6, 6.07) is 6.64. The van der Waals surface area contributed by atoms with E-state index in [4.69, 9.17) is 4.18 Å². The molecule has 0 N–H and O–H groups in total. The van der Waals surface area contributed by atoms with Gasteiger partial charge in [-0.05, 0) is 110 Å². The first kappa shape index (κ1) is 22.8. The zero-order valence-electron chi connectivity index (χ0n) is 19.0. The highest BCUT2D eigenvalue weighted by Crippen LogP contribution is 2.66. The summed E-state index contributed by atoms with van der Waals surface area (Å²) >= 11 is 3.35. The number of hydrogen-bond acceptors (Lipinski definition) is 4. The van der Waals surface area contributed by atoms with Gasteiger partial charge in [0.15, 0.2) is 5.78 Å². The average molecular weight is 522 g/mol. The Morgan fingerprint density at radius 1 is 1.00 bits per heavy atom. The van der Waals surface area contributed by atoms with Crippen LogP contribution in [0.1, 0.15) is 65.2 Å². The van der Waals surface area contributed by atoms with E-state index in [0.717, 1.165) is 36.6 Å². The number of hydrogen-bond donors (Lipinski definition) is 0. The smallest absolute Gasteiger partial charge is 0.295 e. The zero-order chi connectivity index (χ0) is 22.7. The SMILES string of the molecule is C[C@]12CC[C@H]3[C@@H](CCC4=CC(=O)CC[C@@]43C)[C@@H]1CC[C@@H]2COS(=O)(=O)c1ccc(Br)cc1. The molecule has 6 atom stereocenters. The summed E-state index contributed by atoms with van der Waals surface area (Å²) < 4.78 is 32.0. The molecule has 0 aliphatic heterocycles. The van der Waals surface area contributed by atoms with E-state index in [0.29, 0.717) is 30.0 Å². The van der Waals surface area contributed by atoms with Gasteiger partial charge in [-0.2, -0.15) is 8.42 Å². The first-order valence-corrected chi connectivity index (χ1v) is 14.2. The van der Waals surface area contributed by atoms with Crippen LogP contribution in [-0.4, -0.2) is 20.8 Å². The molecule has 1 aromatic rings. The number of carbonyl (C=O) groups is 1. The van der Waals surface area contributed by atoms with Crippen molar-refractivity contribution in [3.05, 3.63) is 40.4 Å². The minimum atomic E-state index is -3.74. The average Bonchev–Trinajstić information content (AvgIpc) is 3.09. The number of fused-ring (bicyclic) bond motifs is 5. The molecule has 1 aromatic carbocycles. The Morgan fingerprint density at radius 3 is 2.50 bits per heavy atom. The molecule has 0 spiro atoms. The minimum Gasteiger partial charge on any atom is -0.295 e. The molecule has 4 aliphatic rings. The molecule has 4 nitrogen and oxygen atoms in total. The van der Waals surface area contributed by atoms with E-state index in [1.165, 1.54) is 18.4 Å². The topological polar surface area (TPSA) is 60.4 Å². The first-order valence-electron chi connectivity index (χ1n) is 12.0. The number of benzene rings is 1. The fraction of sp³-hybridized carbons (Fsp3) is 0.654. The van der Waals surface area contributed by atoms with Gasteiger partial charge in [-0.15, -0.1) is 0 Å². The van der Waals surface area contributed by atoms with E-state index in [9.17, 15) is 13.2 Å². The molecule has 5 rings (SSSR count). The van der Waals surface area contributed by atoms with Gasteiger partial charge in [0.05, 0.1) is 11.5 Å². The molecule has 0 radical (unpaired) electrons. The highest BCUT2D eigenvalue weighted by atomic mass is 79.9. The van der Waals surface area contributed by atoms with Gasteiger partial charge >= 0.3 is 0 Å². The van der Waals surface area contributed by atoms with Crippen molar-refractivity contribution in [1.29, 1.82) is 0 Å². The third kappa shape index (κ3) is 3.65. The van der Waals surface area contributed by atoms with Crippen LogP contribution in [-0.2, 0) is 19.1 Å². The lowest BCUT2D eigenvalue weighted by Crippen LogP contribution is -2.50. The van der Waals surface area contributed by atoms with Gasteiger partial charge in [0.2, 0.25) is 0 Å². The summed E-state index contributed by atoms with van der Waals surface area (Å²) in [7, 11) is -3.74. The molecule has 0 bridgehead atoms. The van der Waals surface area contributed by atoms with Crippen LogP contribution in [0.5, 0.6) is 0 Å². The number of allylic oxidation sites excluding steroid dienone is 1. The van der Waals surface area contributed by atoms with Crippen molar-refractivity contribution in [3.63, 3.8) is 0 Å². The first-order chi connectivity index (χ1) is 15.1. The number of halogens is 1. The van der Waals surface area contributed by atoms with Crippen LogP contribution in [0.15, 0.2) is 45.3 Å². The van der Waals surface area contributed by atoms with E-state index in [1.54, 1.807) is 24.3 Å². The minimum absolute atomic E-state index is 0.137. The molecule has 4 aliphatic carbocycles. The summed E-state index contributed by atoms with van der Waals surface area (Å²) in [6.45, 7) is 5.07. The van der Waals surface area contributed by atoms with Crippen LogP contribution in [0.25, 0.3) is 0 Å². The molecule has 0 heterocycles. The normalized spacial score (nSPS) is 39.1. The van der Waals surface area contributed by atoms with Crippen LogP contribution in [0.2, 0.25) is 0 Å². The second-order valence-corrected chi connectivity index (χ2v) is 13.5. The fourth-order valence-corrected chi connectivity index (χ4v) is 9.00. The van der Waals surface area contributed by atoms with Crippen molar-refractivity contribution >= 4 is 31.8 Å². The fourth-order valence-electron chi connectivity index (χ4n) is 7.78. The van der Waals surface area contributed by atoms with E-state index < -0.39 is 10.1 Å². The van der Waals surface area contributed by atoms with Crippen LogP contribution >= 0.6 is 15.9 Å². The van der Waals surface area contributed by atoms with Crippen LogP contribution in [0.4, 0.5) is 0 Å². The van der Waals surface area contributed by atoms with E-state index >= 15 is 0 Å². The van der Waals surface area contributed by atoms with Gasteiger partial charge in [0.1, 0.15) is 0 Å². The molecule has 3 fully saturated rings. The molecular formula is C26H33BrO4S. The van der Waals surface area contributed by atoms with Gasteiger partial charge in [0, 0.05) is 10.9 Å². The van der Waals surface area contributed by atoms with Gasteiger partial charge < -0.3 is 0 Å². The number of carbonyl (C=O) groups excluding carboxylic acids is 1. The summed E-state index contributed by atoms with van der Waals surface area (Å²) in [5.74, 6) is 2.54. The third-order valence-corrected chi connectivity index (χ3v) is 11.5. The monoisotopic (exact) mass is 520 g/mol. The van der Waals surface area contributed by atoms with Crippen molar-refractivity contribution in [2.45, 2.75) is 70.1 Å².